The van der Waals surface area contributed by atoms with Gasteiger partial charge in [-0.3, -0.25) is 4.79 Å². The maximum atomic E-state index is 12.2. The Balaban J connectivity index is 1.95. The number of amides is 1. The van der Waals surface area contributed by atoms with Gasteiger partial charge in [-0.2, -0.15) is 0 Å². The summed E-state index contributed by atoms with van der Waals surface area (Å²) in [5.74, 6) is -0.148. The molecular weight excluding hydrogens is 332 g/mol. The maximum absolute atomic E-state index is 12.2. The molecule has 0 unspecified atom stereocenters. The second kappa shape index (κ2) is 7.72. The number of hydrogen-bond acceptors (Lipinski definition) is 4. The number of rotatable bonds is 7. The molecule has 23 heavy (non-hydrogen) atoms. The number of benzene rings is 1. The highest BCUT2D eigenvalue weighted by molar-refractivity contribution is 7.88. The predicted octanol–water partition coefficient (Wildman–Crippen LogP) is 2.65. The van der Waals surface area contributed by atoms with Crippen LogP contribution in [-0.4, -0.2) is 27.1 Å². The molecule has 7 heteroatoms. The minimum absolute atomic E-state index is 0.148. The van der Waals surface area contributed by atoms with Crippen LogP contribution in [0.25, 0.3) is 0 Å². The molecule has 0 atom stereocenters. The molecular formula is C16H20N2O3S2. The Kier molecular flexibility index (Phi) is 5.92. The van der Waals surface area contributed by atoms with Crippen molar-refractivity contribution in [1.29, 1.82) is 0 Å². The molecule has 2 N–H and O–H groups in total. The van der Waals surface area contributed by atoms with E-state index in [2.05, 4.69) is 17.0 Å². The highest BCUT2D eigenvalue weighted by Crippen LogP contribution is 2.19. The van der Waals surface area contributed by atoms with Gasteiger partial charge < -0.3 is 5.32 Å². The Labute approximate surface area is 140 Å². The van der Waals surface area contributed by atoms with E-state index in [1.54, 1.807) is 6.07 Å². The first kappa shape index (κ1) is 17.7. The van der Waals surface area contributed by atoms with Crippen molar-refractivity contribution in [3.05, 3.63) is 51.7 Å². The summed E-state index contributed by atoms with van der Waals surface area (Å²) in [7, 11) is -3.18. The van der Waals surface area contributed by atoms with Crippen LogP contribution in [0.4, 0.5) is 5.69 Å². The minimum Gasteiger partial charge on any atom is -0.321 e. The Hall–Kier alpha value is -1.70. The highest BCUT2D eigenvalue weighted by Gasteiger charge is 2.10. The fraction of sp³-hybridized carbons (Fsp3) is 0.312. The lowest BCUT2D eigenvalue weighted by molar-refractivity contribution is 0.103. The third-order valence-corrected chi connectivity index (χ3v) is 5.09. The molecule has 0 fully saturated rings. The van der Waals surface area contributed by atoms with Crippen molar-refractivity contribution in [3.8, 4) is 0 Å². The summed E-state index contributed by atoms with van der Waals surface area (Å²) in [4.78, 5) is 13.8. The van der Waals surface area contributed by atoms with E-state index < -0.39 is 10.0 Å². The van der Waals surface area contributed by atoms with Crippen LogP contribution in [0.5, 0.6) is 0 Å². The van der Waals surface area contributed by atoms with Crippen LogP contribution in [0.15, 0.2) is 36.4 Å². The molecule has 0 saturated heterocycles. The predicted molar refractivity (Wildman–Crippen MR) is 94.6 cm³/mol. The summed E-state index contributed by atoms with van der Waals surface area (Å²) in [6.07, 6.45) is 2.61. The van der Waals surface area contributed by atoms with Crippen LogP contribution in [-0.2, 0) is 22.9 Å². The zero-order valence-corrected chi connectivity index (χ0v) is 14.8. The molecule has 1 aromatic carbocycles. The lowest BCUT2D eigenvalue weighted by Gasteiger charge is -2.05. The molecule has 1 aromatic heterocycles. The molecule has 2 aromatic rings. The van der Waals surface area contributed by atoms with Crippen LogP contribution in [0.3, 0.4) is 0 Å². The van der Waals surface area contributed by atoms with Crippen molar-refractivity contribution in [2.75, 3.05) is 18.1 Å². The third-order valence-electron chi connectivity index (χ3n) is 3.21. The van der Waals surface area contributed by atoms with Gasteiger partial charge >= 0.3 is 0 Å². The molecule has 0 bridgehead atoms. The Morgan fingerprint density at radius 2 is 2.00 bits per heavy atom. The van der Waals surface area contributed by atoms with Gasteiger partial charge in [0.1, 0.15) is 0 Å². The van der Waals surface area contributed by atoms with Crippen molar-refractivity contribution in [3.63, 3.8) is 0 Å². The zero-order chi connectivity index (χ0) is 16.9. The van der Waals surface area contributed by atoms with Gasteiger partial charge in [0.15, 0.2) is 0 Å². The second-order valence-corrected chi connectivity index (χ2v) is 8.19. The number of sulfonamides is 1. The minimum atomic E-state index is -3.18. The quantitative estimate of drug-likeness (QED) is 0.804. The van der Waals surface area contributed by atoms with E-state index >= 15 is 0 Å². The summed E-state index contributed by atoms with van der Waals surface area (Å²) in [5, 5.41) is 2.89. The summed E-state index contributed by atoms with van der Waals surface area (Å²) in [6, 6.07) is 11.4. The van der Waals surface area contributed by atoms with E-state index in [1.807, 2.05) is 30.3 Å². The van der Waals surface area contributed by atoms with E-state index in [1.165, 1.54) is 16.9 Å². The summed E-state index contributed by atoms with van der Waals surface area (Å²) >= 11 is 1.37. The summed E-state index contributed by atoms with van der Waals surface area (Å²) in [5.41, 5.74) is 1.95. The van der Waals surface area contributed by atoms with E-state index in [9.17, 15) is 13.2 Å². The van der Waals surface area contributed by atoms with Crippen molar-refractivity contribution in [2.45, 2.75) is 19.8 Å². The average Bonchev–Trinajstić information content (AvgIpc) is 2.95. The molecule has 0 radical (unpaired) electrons. The van der Waals surface area contributed by atoms with Gasteiger partial charge in [-0.15, -0.1) is 11.3 Å². The molecule has 0 aliphatic heterocycles. The van der Waals surface area contributed by atoms with Gasteiger partial charge in [0.05, 0.1) is 11.1 Å². The molecule has 1 amide bonds. The van der Waals surface area contributed by atoms with Crippen LogP contribution in [0.2, 0.25) is 0 Å². The summed E-state index contributed by atoms with van der Waals surface area (Å²) in [6.45, 7) is 2.40. The molecule has 5 nitrogen and oxygen atoms in total. The maximum Gasteiger partial charge on any atom is 0.265 e. The fourth-order valence-corrected chi connectivity index (χ4v) is 3.43. The van der Waals surface area contributed by atoms with E-state index in [0.717, 1.165) is 23.2 Å². The first-order valence-corrected chi connectivity index (χ1v) is 10.0. The molecule has 0 spiro atoms. The second-order valence-electron chi connectivity index (χ2n) is 5.19. The van der Waals surface area contributed by atoms with Crippen LogP contribution in [0, 0.1) is 0 Å². The van der Waals surface area contributed by atoms with Crippen molar-refractivity contribution < 1.29 is 13.2 Å². The molecule has 2 rings (SSSR count). The Bertz CT molecular complexity index is 782. The first-order chi connectivity index (χ1) is 10.9. The SMILES string of the molecule is CCc1cccc(NC(=O)c2ccc(CCNS(C)(=O)=O)s2)c1. The fourth-order valence-electron chi connectivity index (χ4n) is 2.06. The van der Waals surface area contributed by atoms with Gasteiger partial charge in [-0.25, -0.2) is 13.1 Å². The Morgan fingerprint density at radius 3 is 2.70 bits per heavy atom. The standard InChI is InChI=1S/C16H20N2O3S2/c1-3-12-5-4-6-13(11-12)18-16(19)15-8-7-14(22-15)9-10-17-23(2,20)21/h4-8,11,17H,3,9-10H2,1-2H3,(H,18,19). The third kappa shape index (κ3) is 5.78. The van der Waals surface area contributed by atoms with Gasteiger partial charge in [0.2, 0.25) is 10.0 Å². The number of hydrogen-bond donors (Lipinski definition) is 2. The average molecular weight is 352 g/mol. The van der Waals surface area contributed by atoms with E-state index in [4.69, 9.17) is 0 Å². The number of anilines is 1. The normalized spacial score (nSPS) is 11.4. The molecule has 0 aliphatic rings. The number of thiophene rings is 1. The van der Waals surface area contributed by atoms with Gasteiger partial charge in [-0.05, 0) is 42.7 Å². The molecule has 0 aliphatic carbocycles. The monoisotopic (exact) mass is 352 g/mol. The Morgan fingerprint density at radius 1 is 1.22 bits per heavy atom. The van der Waals surface area contributed by atoms with Gasteiger partial charge in [0.25, 0.3) is 5.91 Å². The lowest BCUT2D eigenvalue weighted by atomic mass is 10.1. The molecule has 1 heterocycles. The number of carbonyl (C=O) groups excluding carboxylic acids is 1. The number of aryl methyl sites for hydroxylation is 1. The smallest absolute Gasteiger partial charge is 0.265 e. The zero-order valence-electron chi connectivity index (χ0n) is 13.1. The van der Waals surface area contributed by atoms with Crippen LogP contribution >= 0.6 is 11.3 Å². The topological polar surface area (TPSA) is 75.3 Å². The first-order valence-electron chi connectivity index (χ1n) is 7.31. The van der Waals surface area contributed by atoms with Crippen molar-refractivity contribution in [2.24, 2.45) is 0 Å². The highest BCUT2D eigenvalue weighted by atomic mass is 32.2. The van der Waals surface area contributed by atoms with Crippen molar-refractivity contribution >= 4 is 33.0 Å². The molecule has 124 valence electrons. The molecule has 0 saturated carbocycles. The van der Waals surface area contributed by atoms with E-state index in [-0.39, 0.29) is 5.91 Å². The van der Waals surface area contributed by atoms with Gasteiger partial charge in [-0.1, -0.05) is 19.1 Å². The lowest BCUT2D eigenvalue weighted by Crippen LogP contribution is -2.24. The van der Waals surface area contributed by atoms with Crippen LogP contribution in [0.1, 0.15) is 27.0 Å². The van der Waals surface area contributed by atoms with Crippen LogP contribution < -0.4 is 10.0 Å². The number of nitrogens with one attached hydrogen (secondary N) is 2. The summed E-state index contributed by atoms with van der Waals surface area (Å²) < 4.78 is 24.5. The largest absolute Gasteiger partial charge is 0.321 e. The van der Waals surface area contributed by atoms with Gasteiger partial charge in [0, 0.05) is 17.1 Å². The van der Waals surface area contributed by atoms with Crippen molar-refractivity contribution in [1.82, 2.24) is 4.72 Å². The number of carbonyl (C=O) groups is 1. The van der Waals surface area contributed by atoms with E-state index in [0.29, 0.717) is 17.8 Å².